The zero-order chi connectivity index (χ0) is 16.3. The molecule has 3 N–H and O–H groups in total. The molecule has 1 aliphatic heterocycles. The Balaban J connectivity index is 0.00000264. The van der Waals surface area contributed by atoms with Crippen molar-refractivity contribution < 1.29 is 9.59 Å². The molecule has 1 fully saturated rings. The molecule has 1 heterocycles. The Bertz CT molecular complexity index is 536. The van der Waals surface area contributed by atoms with Crippen molar-refractivity contribution >= 4 is 24.2 Å². The van der Waals surface area contributed by atoms with Gasteiger partial charge < -0.3 is 16.0 Å². The van der Waals surface area contributed by atoms with Gasteiger partial charge >= 0.3 is 0 Å². The van der Waals surface area contributed by atoms with Crippen LogP contribution in [0.5, 0.6) is 0 Å². The van der Waals surface area contributed by atoms with Crippen LogP contribution in [0.4, 0.5) is 0 Å². The number of benzene rings is 1. The van der Waals surface area contributed by atoms with E-state index in [2.05, 4.69) is 5.32 Å². The van der Waals surface area contributed by atoms with Crippen LogP contribution < -0.4 is 11.1 Å². The minimum absolute atomic E-state index is 0. The van der Waals surface area contributed by atoms with Gasteiger partial charge in [0.1, 0.15) is 6.04 Å². The van der Waals surface area contributed by atoms with Gasteiger partial charge in [0.25, 0.3) is 0 Å². The SMILES string of the molecule is CC(C)C1C(=O)NCCN1C(=O)C(C)C(N)c1ccccc1.Cl. The molecule has 0 aliphatic carbocycles. The maximum Gasteiger partial charge on any atom is 0.243 e. The topological polar surface area (TPSA) is 75.4 Å². The fraction of sp³-hybridized carbons (Fsp3) is 0.529. The van der Waals surface area contributed by atoms with Gasteiger partial charge in [-0.3, -0.25) is 9.59 Å². The maximum absolute atomic E-state index is 12.8. The summed E-state index contributed by atoms with van der Waals surface area (Å²) >= 11 is 0. The second-order valence-electron chi connectivity index (χ2n) is 6.24. The molecule has 2 rings (SSSR count). The summed E-state index contributed by atoms with van der Waals surface area (Å²) in [5, 5.41) is 2.83. The van der Waals surface area contributed by atoms with Crippen LogP contribution in [0.1, 0.15) is 32.4 Å². The lowest BCUT2D eigenvalue weighted by Gasteiger charge is -2.39. The zero-order valence-corrected chi connectivity index (χ0v) is 14.7. The van der Waals surface area contributed by atoms with Crippen molar-refractivity contribution in [3.05, 3.63) is 35.9 Å². The molecule has 128 valence electrons. The maximum atomic E-state index is 12.8. The Morgan fingerprint density at radius 3 is 2.43 bits per heavy atom. The predicted octanol–water partition coefficient (Wildman–Crippen LogP) is 1.73. The smallest absolute Gasteiger partial charge is 0.243 e. The Hall–Kier alpha value is -1.59. The largest absolute Gasteiger partial charge is 0.353 e. The number of nitrogens with zero attached hydrogens (tertiary/aromatic N) is 1. The fourth-order valence-electron chi connectivity index (χ4n) is 2.97. The average molecular weight is 340 g/mol. The van der Waals surface area contributed by atoms with E-state index in [0.29, 0.717) is 13.1 Å². The van der Waals surface area contributed by atoms with E-state index in [1.807, 2.05) is 51.1 Å². The Morgan fingerprint density at radius 1 is 1.26 bits per heavy atom. The van der Waals surface area contributed by atoms with Crippen molar-refractivity contribution in [2.75, 3.05) is 13.1 Å². The molecular formula is C17H26ClN3O2. The molecule has 2 amide bonds. The number of rotatable bonds is 4. The van der Waals surface area contributed by atoms with E-state index in [0.717, 1.165) is 5.56 Å². The molecule has 0 saturated carbocycles. The van der Waals surface area contributed by atoms with Gasteiger partial charge in [0.15, 0.2) is 0 Å². The molecule has 1 aliphatic rings. The summed E-state index contributed by atoms with van der Waals surface area (Å²) in [6.07, 6.45) is 0. The number of carbonyl (C=O) groups is 2. The number of halogens is 1. The highest BCUT2D eigenvalue weighted by molar-refractivity contribution is 5.90. The standard InChI is InChI=1S/C17H25N3O2.ClH/c1-11(2)15-16(21)19-9-10-20(15)17(22)12(3)14(18)13-7-5-4-6-8-13;/h4-8,11-12,14-15H,9-10,18H2,1-3H3,(H,19,21);1H. The minimum atomic E-state index is -0.410. The average Bonchev–Trinajstić information content (AvgIpc) is 2.53. The van der Waals surface area contributed by atoms with Crippen LogP contribution in [0.25, 0.3) is 0 Å². The lowest BCUT2D eigenvalue weighted by atomic mass is 9.91. The quantitative estimate of drug-likeness (QED) is 0.877. The van der Waals surface area contributed by atoms with Gasteiger partial charge in [0.05, 0.1) is 5.92 Å². The van der Waals surface area contributed by atoms with Crippen LogP contribution in [0.2, 0.25) is 0 Å². The van der Waals surface area contributed by atoms with E-state index in [1.165, 1.54) is 0 Å². The van der Waals surface area contributed by atoms with Crippen LogP contribution in [0.3, 0.4) is 0 Å². The summed E-state index contributed by atoms with van der Waals surface area (Å²) in [5.41, 5.74) is 7.19. The Kier molecular flexibility index (Phi) is 7.03. The van der Waals surface area contributed by atoms with Crippen molar-refractivity contribution in [3.8, 4) is 0 Å². The van der Waals surface area contributed by atoms with Crippen molar-refractivity contribution in [3.63, 3.8) is 0 Å². The monoisotopic (exact) mass is 339 g/mol. The molecule has 3 atom stereocenters. The number of nitrogens with one attached hydrogen (secondary N) is 1. The molecule has 1 saturated heterocycles. The van der Waals surface area contributed by atoms with Gasteiger partial charge in [-0.15, -0.1) is 12.4 Å². The first-order valence-electron chi connectivity index (χ1n) is 7.82. The number of hydrogen-bond acceptors (Lipinski definition) is 3. The highest BCUT2D eigenvalue weighted by atomic mass is 35.5. The van der Waals surface area contributed by atoms with E-state index in [-0.39, 0.29) is 42.1 Å². The van der Waals surface area contributed by atoms with Crippen LogP contribution in [-0.2, 0) is 9.59 Å². The highest BCUT2D eigenvalue weighted by Crippen LogP contribution is 2.24. The summed E-state index contributed by atoms with van der Waals surface area (Å²) in [6, 6.07) is 8.83. The van der Waals surface area contributed by atoms with Crippen molar-refractivity contribution in [2.45, 2.75) is 32.9 Å². The van der Waals surface area contributed by atoms with E-state index < -0.39 is 6.04 Å². The van der Waals surface area contributed by atoms with Crippen LogP contribution in [0, 0.1) is 11.8 Å². The van der Waals surface area contributed by atoms with Gasteiger partial charge in [-0.05, 0) is 11.5 Å². The van der Waals surface area contributed by atoms with E-state index in [9.17, 15) is 9.59 Å². The lowest BCUT2D eigenvalue weighted by Crippen LogP contribution is -2.60. The van der Waals surface area contributed by atoms with E-state index in [4.69, 9.17) is 5.73 Å². The predicted molar refractivity (Wildman–Crippen MR) is 93.1 cm³/mol. The van der Waals surface area contributed by atoms with Crippen molar-refractivity contribution in [1.29, 1.82) is 0 Å². The highest BCUT2D eigenvalue weighted by Gasteiger charge is 2.38. The molecule has 0 bridgehead atoms. The first kappa shape index (κ1) is 19.5. The molecule has 5 nitrogen and oxygen atoms in total. The van der Waals surface area contributed by atoms with Gasteiger partial charge in [0.2, 0.25) is 11.8 Å². The number of piperazine rings is 1. The number of carbonyl (C=O) groups excluding carboxylic acids is 2. The Labute approximate surface area is 144 Å². The molecule has 23 heavy (non-hydrogen) atoms. The number of hydrogen-bond donors (Lipinski definition) is 2. The molecular weight excluding hydrogens is 314 g/mol. The minimum Gasteiger partial charge on any atom is -0.353 e. The summed E-state index contributed by atoms with van der Waals surface area (Å²) in [7, 11) is 0. The fourth-order valence-corrected chi connectivity index (χ4v) is 2.97. The zero-order valence-electron chi connectivity index (χ0n) is 13.9. The van der Waals surface area contributed by atoms with Gasteiger partial charge in [0, 0.05) is 19.1 Å². The molecule has 0 spiro atoms. The summed E-state index contributed by atoms with van der Waals surface area (Å²) < 4.78 is 0. The van der Waals surface area contributed by atoms with E-state index in [1.54, 1.807) is 4.90 Å². The number of amides is 2. The van der Waals surface area contributed by atoms with Crippen molar-refractivity contribution in [1.82, 2.24) is 10.2 Å². The lowest BCUT2D eigenvalue weighted by molar-refractivity contribution is -0.148. The second-order valence-corrected chi connectivity index (χ2v) is 6.24. The Morgan fingerprint density at radius 2 is 1.87 bits per heavy atom. The third kappa shape index (κ3) is 4.24. The van der Waals surface area contributed by atoms with Crippen molar-refractivity contribution in [2.24, 2.45) is 17.6 Å². The molecule has 6 heteroatoms. The summed E-state index contributed by atoms with van der Waals surface area (Å²) in [5.74, 6) is -0.418. The third-order valence-electron chi connectivity index (χ3n) is 4.28. The molecule has 1 aromatic rings. The van der Waals surface area contributed by atoms with Gasteiger partial charge in [-0.25, -0.2) is 0 Å². The molecule has 3 unspecified atom stereocenters. The second kappa shape index (κ2) is 8.31. The molecule has 0 radical (unpaired) electrons. The third-order valence-corrected chi connectivity index (χ3v) is 4.28. The van der Waals surface area contributed by atoms with E-state index >= 15 is 0 Å². The number of nitrogens with two attached hydrogens (primary N) is 1. The summed E-state index contributed by atoms with van der Waals surface area (Å²) in [4.78, 5) is 26.6. The van der Waals surface area contributed by atoms with Crippen LogP contribution >= 0.6 is 12.4 Å². The van der Waals surface area contributed by atoms with Crippen LogP contribution in [-0.4, -0.2) is 35.8 Å². The molecule has 1 aromatic carbocycles. The normalized spacial score (nSPS) is 20.5. The van der Waals surface area contributed by atoms with Gasteiger partial charge in [-0.1, -0.05) is 51.1 Å². The van der Waals surface area contributed by atoms with Gasteiger partial charge in [-0.2, -0.15) is 0 Å². The summed E-state index contributed by atoms with van der Waals surface area (Å²) in [6.45, 7) is 6.79. The molecule has 0 aromatic heterocycles. The first-order chi connectivity index (χ1) is 10.4. The van der Waals surface area contributed by atoms with Crippen LogP contribution in [0.15, 0.2) is 30.3 Å². The first-order valence-corrected chi connectivity index (χ1v) is 7.82.